The quantitative estimate of drug-likeness (QED) is 0.893. The summed E-state index contributed by atoms with van der Waals surface area (Å²) in [5.74, 6) is -0.391. The lowest BCUT2D eigenvalue weighted by Gasteiger charge is -2.22. The number of hydrogen-bond donors (Lipinski definition) is 1. The van der Waals surface area contributed by atoms with Gasteiger partial charge in [0.15, 0.2) is 0 Å². The van der Waals surface area contributed by atoms with E-state index in [2.05, 4.69) is 4.98 Å². The van der Waals surface area contributed by atoms with Gasteiger partial charge in [-0.25, -0.2) is 0 Å². The van der Waals surface area contributed by atoms with Crippen molar-refractivity contribution in [2.24, 2.45) is 0 Å². The van der Waals surface area contributed by atoms with E-state index in [0.29, 0.717) is 13.0 Å². The molecule has 1 aliphatic rings. The summed E-state index contributed by atoms with van der Waals surface area (Å²) >= 11 is 0. The van der Waals surface area contributed by atoms with Gasteiger partial charge in [0.25, 0.3) is 5.91 Å². The number of carbonyl (C=O) groups is 1. The molecule has 0 radical (unpaired) electrons. The van der Waals surface area contributed by atoms with E-state index in [4.69, 9.17) is 5.11 Å². The van der Waals surface area contributed by atoms with E-state index in [0.717, 1.165) is 24.8 Å². The number of nitrogens with zero attached hydrogens (tertiary/aromatic N) is 2. The fourth-order valence-corrected chi connectivity index (χ4v) is 2.15. The number of pyridine rings is 1. The predicted octanol–water partition coefficient (Wildman–Crippen LogP) is 1.70. The minimum atomic E-state index is -4.51. The van der Waals surface area contributed by atoms with Crippen LogP contribution in [0.5, 0.6) is 0 Å². The van der Waals surface area contributed by atoms with E-state index in [1.54, 1.807) is 0 Å². The molecule has 0 aliphatic carbocycles. The van der Waals surface area contributed by atoms with E-state index in [9.17, 15) is 18.0 Å². The van der Waals surface area contributed by atoms with Crippen molar-refractivity contribution in [3.05, 3.63) is 29.6 Å². The normalized spacial score (nSPS) is 19.8. The van der Waals surface area contributed by atoms with Crippen LogP contribution in [0.4, 0.5) is 13.2 Å². The van der Waals surface area contributed by atoms with Crippen molar-refractivity contribution in [3.8, 4) is 0 Å². The summed E-state index contributed by atoms with van der Waals surface area (Å²) in [7, 11) is 0. The summed E-state index contributed by atoms with van der Waals surface area (Å²) in [6.45, 7) is 0.366. The third-order valence-electron chi connectivity index (χ3n) is 3.15. The molecule has 1 amide bonds. The van der Waals surface area contributed by atoms with Crippen molar-refractivity contribution >= 4 is 5.91 Å². The van der Waals surface area contributed by atoms with E-state index >= 15 is 0 Å². The molecule has 0 bridgehead atoms. The topological polar surface area (TPSA) is 53.4 Å². The van der Waals surface area contributed by atoms with Gasteiger partial charge in [-0.2, -0.15) is 13.2 Å². The maximum absolute atomic E-state index is 12.3. The maximum atomic E-state index is 12.3. The molecule has 1 fully saturated rings. The number of likely N-dealkylation sites (tertiary alicyclic amines) is 1. The fraction of sp³-hybridized carbons (Fsp3) is 0.500. The van der Waals surface area contributed by atoms with Crippen LogP contribution in [0.2, 0.25) is 0 Å². The minimum Gasteiger partial charge on any atom is -0.394 e. The van der Waals surface area contributed by atoms with Crippen LogP contribution in [0, 0.1) is 0 Å². The molecule has 7 heteroatoms. The number of amides is 1. The highest BCUT2D eigenvalue weighted by Crippen LogP contribution is 2.27. The van der Waals surface area contributed by atoms with Crippen molar-refractivity contribution in [2.45, 2.75) is 25.1 Å². The Morgan fingerprint density at radius 1 is 1.47 bits per heavy atom. The zero-order valence-electron chi connectivity index (χ0n) is 10.0. The van der Waals surface area contributed by atoms with Crippen LogP contribution >= 0.6 is 0 Å². The Hall–Kier alpha value is -1.63. The van der Waals surface area contributed by atoms with Crippen LogP contribution in [0.25, 0.3) is 0 Å². The molecule has 2 rings (SSSR count). The second kappa shape index (κ2) is 5.16. The van der Waals surface area contributed by atoms with Crippen molar-refractivity contribution in [2.75, 3.05) is 13.2 Å². The van der Waals surface area contributed by atoms with E-state index < -0.39 is 17.8 Å². The summed E-state index contributed by atoms with van der Waals surface area (Å²) in [4.78, 5) is 16.8. The Morgan fingerprint density at radius 2 is 2.21 bits per heavy atom. The van der Waals surface area contributed by atoms with Crippen LogP contribution in [0.15, 0.2) is 18.3 Å². The van der Waals surface area contributed by atoms with Crippen molar-refractivity contribution in [1.29, 1.82) is 0 Å². The molecule has 0 aromatic carbocycles. The zero-order chi connectivity index (χ0) is 14.0. The van der Waals surface area contributed by atoms with Crippen LogP contribution in [-0.2, 0) is 6.18 Å². The number of hydrogen-bond acceptors (Lipinski definition) is 3. The van der Waals surface area contributed by atoms with Crippen molar-refractivity contribution in [3.63, 3.8) is 0 Å². The minimum absolute atomic E-state index is 0.105. The largest absolute Gasteiger partial charge is 0.433 e. The second-order valence-corrected chi connectivity index (χ2v) is 4.41. The van der Waals surface area contributed by atoms with Gasteiger partial charge >= 0.3 is 6.18 Å². The maximum Gasteiger partial charge on any atom is 0.433 e. The molecule has 0 unspecified atom stereocenters. The highest BCUT2D eigenvalue weighted by atomic mass is 19.4. The molecule has 4 nitrogen and oxygen atoms in total. The standard InChI is InChI=1S/C12H13F3N2O2/c13-12(14,15)10-4-3-8(6-16-10)11(19)17-5-1-2-9(17)7-18/h3-4,6,9,18H,1-2,5,7H2/t9-/m0/s1. The van der Waals surface area contributed by atoms with Crippen LogP contribution in [0.3, 0.4) is 0 Å². The third-order valence-corrected chi connectivity index (χ3v) is 3.15. The van der Waals surface area contributed by atoms with E-state index in [-0.39, 0.29) is 18.2 Å². The van der Waals surface area contributed by atoms with Crippen molar-refractivity contribution in [1.82, 2.24) is 9.88 Å². The number of carbonyl (C=O) groups excluding carboxylic acids is 1. The van der Waals surface area contributed by atoms with Gasteiger partial charge in [0.2, 0.25) is 0 Å². The van der Waals surface area contributed by atoms with Crippen LogP contribution in [0.1, 0.15) is 28.9 Å². The lowest BCUT2D eigenvalue weighted by Crippen LogP contribution is -2.37. The lowest BCUT2D eigenvalue weighted by atomic mass is 10.2. The number of halogens is 3. The van der Waals surface area contributed by atoms with E-state index in [1.165, 1.54) is 4.90 Å². The summed E-state index contributed by atoms with van der Waals surface area (Å²) < 4.78 is 37.0. The zero-order valence-corrected chi connectivity index (χ0v) is 10.0. The predicted molar refractivity (Wildman–Crippen MR) is 60.4 cm³/mol. The molecule has 1 aromatic heterocycles. The smallest absolute Gasteiger partial charge is 0.394 e. The molecule has 2 heterocycles. The van der Waals surface area contributed by atoms with Gasteiger partial charge in [-0.15, -0.1) is 0 Å². The van der Waals surface area contributed by atoms with Gasteiger partial charge in [-0.3, -0.25) is 9.78 Å². The summed E-state index contributed by atoms with van der Waals surface area (Å²) in [5, 5.41) is 9.12. The van der Waals surface area contributed by atoms with Crippen LogP contribution in [-0.4, -0.2) is 40.1 Å². The van der Waals surface area contributed by atoms with E-state index in [1.807, 2.05) is 0 Å². The molecule has 1 atom stereocenters. The first kappa shape index (κ1) is 13.8. The van der Waals surface area contributed by atoms with Crippen LogP contribution < -0.4 is 0 Å². The number of alkyl halides is 3. The summed E-state index contributed by atoms with van der Waals surface area (Å²) in [6.07, 6.45) is -2.10. The fourth-order valence-electron chi connectivity index (χ4n) is 2.15. The molecule has 0 saturated carbocycles. The molecule has 19 heavy (non-hydrogen) atoms. The molecule has 1 aromatic rings. The van der Waals surface area contributed by atoms with Gasteiger partial charge in [0.05, 0.1) is 18.2 Å². The molecular weight excluding hydrogens is 261 g/mol. The Balaban J connectivity index is 2.16. The number of aliphatic hydroxyl groups is 1. The SMILES string of the molecule is O=C(c1ccc(C(F)(F)F)nc1)N1CCC[C@H]1CO. The molecule has 104 valence electrons. The summed E-state index contributed by atoms with van der Waals surface area (Å²) in [5.41, 5.74) is -0.919. The lowest BCUT2D eigenvalue weighted by molar-refractivity contribution is -0.141. The second-order valence-electron chi connectivity index (χ2n) is 4.41. The first-order chi connectivity index (χ1) is 8.93. The number of aromatic nitrogens is 1. The molecule has 1 saturated heterocycles. The Labute approximate surface area is 107 Å². The Morgan fingerprint density at radius 3 is 2.74 bits per heavy atom. The van der Waals surface area contributed by atoms with Gasteiger partial charge in [-0.1, -0.05) is 0 Å². The van der Waals surface area contributed by atoms with Gasteiger partial charge < -0.3 is 10.0 Å². The highest BCUT2D eigenvalue weighted by molar-refractivity contribution is 5.94. The molecule has 1 N–H and O–H groups in total. The molecule has 1 aliphatic heterocycles. The first-order valence-electron chi connectivity index (χ1n) is 5.88. The average molecular weight is 274 g/mol. The molecule has 0 spiro atoms. The number of aliphatic hydroxyl groups excluding tert-OH is 1. The summed E-state index contributed by atoms with van der Waals surface area (Å²) in [6, 6.07) is 1.65. The monoisotopic (exact) mass is 274 g/mol. The average Bonchev–Trinajstić information content (AvgIpc) is 2.85. The molecular formula is C12H13F3N2O2. The van der Waals surface area contributed by atoms with Crippen molar-refractivity contribution < 1.29 is 23.1 Å². The number of rotatable bonds is 2. The highest BCUT2D eigenvalue weighted by Gasteiger charge is 2.33. The van der Waals surface area contributed by atoms with Gasteiger partial charge in [-0.05, 0) is 25.0 Å². The van der Waals surface area contributed by atoms with Gasteiger partial charge in [0, 0.05) is 12.7 Å². The first-order valence-corrected chi connectivity index (χ1v) is 5.88. The Kier molecular flexibility index (Phi) is 3.75. The Bertz CT molecular complexity index is 459. The third kappa shape index (κ3) is 2.86. The van der Waals surface area contributed by atoms with Gasteiger partial charge in [0.1, 0.15) is 5.69 Å².